The first kappa shape index (κ1) is 22.9. The van der Waals surface area contributed by atoms with Crippen molar-refractivity contribution in [1.29, 1.82) is 0 Å². The molecule has 2 aliphatic heterocycles. The number of carbonyl (C=O) groups excluding carboxylic acids is 2. The summed E-state index contributed by atoms with van der Waals surface area (Å²) in [4.78, 5) is 27.4. The summed E-state index contributed by atoms with van der Waals surface area (Å²) in [6, 6.07) is 7.47. The second-order valence-electron chi connectivity index (χ2n) is 7.66. The fourth-order valence-corrected chi connectivity index (χ4v) is 3.93. The smallest absolute Gasteiger partial charge is 0.336 e. The summed E-state index contributed by atoms with van der Waals surface area (Å²) in [6.45, 7) is 3.92. The lowest BCUT2D eigenvalue weighted by atomic mass is 9.82. The zero-order chi connectivity index (χ0) is 22.2. The average molecular weight is 430 g/mol. The van der Waals surface area contributed by atoms with E-state index in [0.29, 0.717) is 30.0 Å². The normalized spacial score (nSPS) is 18.9. The van der Waals surface area contributed by atoms with Gasteiger partial charge in [0.05, 0.1) is 44.0 Å². The highest BCUT2D eigenvalue weighted by Gasteiger charge is 2.37. The van der Waals surface area contributed by atoms with Crippen molar-refractivity contribution in [3.05, 3.63) is 53.4 Å². The Labute approximate surface area is 183 Å². The van der Waals surface area contributed by atoms with E-state index in [9.17, 15) is 9.59 Å². The van der Waals surface area contributed by atoms with Crippen molar-refractivity contribution in [2.75, 3.05) is 34.0 Å². The van der Waals surface area contributed by atoms with Crippen LogP contribution >= 0.6 is 0 Å². The third kappa shape index (κ3) is 5.47. The van der Waals surface area contributed by atoms with Crippen LogP contribution in [0.5, 0.6) is 5.75 Å². The van der Waals surface area contributed by atoms with E-state index in [4.69, 9.17) is 18.9 Å². The van der Waals surface area contributed by atoms with Crippen LogP contribution in [0.25, 0.3) is 0 Å². The Morgan fingerprint density at radius 2 is 1.77 bits per heavy atom. The maximum absolute atomic E-state index is 12.8. The van der Waals surface area contributed by atoms with Gasteiger partial charge in [-0.25, -0.2) is 9.59 Å². The minimum Gasteiger partial charge on any atom is -0.493 e. The monoisotopic (exact) mass is 429 g/mol. The zero-order valence-electron chi connectivity index (χ0n) is 18.5. The van der Waals surface area contributed by atoms with Crippen LogP contribution in [0.15, 0.2) is 47.8 Å². The van der Waals surface area contributed by atoms with Gasteiger partial charge in [0.25, 0.3) is 0 Å². The van der Waals surface area contributed by atoms with Crippen molar-refractivity contribution in [2.24, 2.45) is 0 Å². The SMILES string of the molecule is CCCCOc1ccccc1C1C(C(=O)OC)=CN(C[C@@H]2CCCO2)C=C1C(=O)OC. The van der Waals surface area contributed by atoms with E-state index < -0.39 is 17.9 Å². The number of rotatable bonds is 9. The van der Waals surface area contributed by atoms with E-state index in [0.717, 1.165) is 37.9 Å². The molecule has 7 heteroatoms. The van der Waals surface area contributed by atoms with Crippen molar-refractivity contribution in [2.45, 2.75) is 44.6 Å². The van der Waals surface area contributed by atoms with Crippen LogP contribution in [0.4, 0.5) is 0 Å². The third-order valence-corrected chi connectivity index (χ3v) is 5.50. The predicted molar refractivity (Wildman–Crippen MR) is 115 cm³/mol. The summed E-state index contributed by atoms with van der Waals surface area (Å²) in [7, 11) is 2.68. The molecule has 0 amide bonds. The highest BCUT2D eigenvalue weighted by Crippen LogP contribution is 2.41. The molecule has 0 saturated carbocycles. The fraction of sp³-hybridized carbons (Fsp3) is 0.500. The lowest BCUT2D eigenvalue weighted by molar-refractivity contribution is -0.137. The molecule has 1 aromatic rings. The molecule has 2 aliphatic rings. The summed E-state index contributed by atoms with van der Waals surface area (Å²) in [5.41, 5.74) is 1.44. The van der Waals surface area contributed by atoms with Crippen LogP contribution in [0.3, 0.4) is 0 Å². The molecule has 168 valence electrons. The van der Waals surface area contributed by atoms with Gasteiger partial charge in [-0.15, -0.1) is 0 Å². The first-order valence-corrected chi connectivity index (χ1v) is 10.8. The van der Waals surface area contributed by atoms with Crippen molar-refractivity contribution < 1.29 is 28.5 Å². The quantitative estimate of drug-likeness (QED) is 0.439. The zero-order valence-corrected chi connectivity index (χ0v) is 18.5. The molecule has 0 N–H and O–H groups in total. The number of para-hydroxylation sites is 1. The topological polar surface area (TPSA) is 74.3 Å². The number of hydrogen-bond acceptors (Lipinski definition) is 7. The van der Waals surface area contributed by atoms with Gasteiger partial charge in [-0.05, 0) is 25.3 Å². The highest BCUT2D eigenvalue weighted by molar-refractivity contribution is 5.98. The molecule has 0 bridgehead atoms. The van der Waals surface area contributed by atoms with Crippen LogP contribution < -0.4 is 4.74 Å². The van der Waals surface area contributed by atoms with Gasteiger partial charge in [-0.3, -0.25) is 0 Å². The Kier molecular flexibility index (Phi) is 8.12. The standard InChI is InChI=1S/C24H31NO6/c1-4-5-12-31-21-11-7-6-10-18(21)22-19(23(26)28-2)15-25(14-17-9-8-13-30-17)16-20(22)24(27)29-3/h6-7,10-11,15-17,22H,4-5,8-9,12-14H2,1-3H3/t17-/m0/s1. The van der Waals surface area contributed by atoms with Crippen LogP contribution in [-0.4, -0.2) is 56.9 Å². The van der Waals surface area contributed by atoms with Crippen LogP contribution in [0.1, 0.15) is 44.1 Å². The van der Waals surface area contributed by atoms with Gasteiger partial charge in [-0.2, -0.15) is 0 Å². The second kappa shape index (κ2) is 11.0. The highest BCUT2D eigenvalue weighted by atomic mass is 16.5. The number of carbonyl (C=O) groups is 2. The van der Waals surface area contributed by atoms with E-state index in [2.05, 4.69) is 6.92 Å². The van der Waals surface area contributed by atoms with Gasteiger partial charge >= 0.3 is 11.9 Å². The summed E-state index contributed by atoms with van der Waals surface area (Å²) in [5.74, 6) is -1.02. The van der Waals surface area contributed by atoms with Gasteiger partial charge in [0.1, 0.15) is 5.75 Å². The van der Waals surface area contributed by atoms with Crippen molar-refractivity contribution in [1.82, 2.24) is 4.90 Å². The average Bonchev–Trinajstić information content (AvgIpc) is 3.31. The Morgan fingerprint density at radius 3 is 2.35 bits per heavy atom. The summed E-state index contributed by atoms with van der Waals surface area (Å²) in [5, 5.41) is 0. The van der Waals surface area contributed by atoms with Gasteiger partial charge < -0.3 is 23.8 Å². The van der Waals surface area contributed by atoms with Gasteiger partial charge in [-0.1, -0.05) is 31.5 Å². The maximum Gasteiger partial charge on any atom is 0.336 e. The summed E-state index contributed by atoms with van der Waals surface area (Å²) in [6.07, 6.45) is 7.40. The van der Waals surface area contributed by atoms with E-state index in [1.54, 1.807) is 12.4 Å². The lowest BCUT2D eigenvalue weighted by Crippen LogP contribution is -2.32. The summed E-state index contributed by atoms with van der Waals surface area (Å²) >= 11 is 0. The molecule has 7 nitrogen and oxygen atoms in total. The Hall–Kier alpha value is -2.80. The molecule has 1 aromatic carbocycles. The minimum atomic E-state index is -0.654. The maximum atomic E-state index is 12.8. The van der Waals surface area contributed by atoms with Crippen molar-refractivity contribution >= 4 is 11.9 Å². The number of nitrogens with zero attached hydrogens (tertiary/aromatic N) is 1. The molecule has 31 heavy (non-hydrogen) atoms. The molecular weight excluding hydrogens is 398 g/mol. The molecule has 1 atom stereocenters. The van der Waals surface area contributed by atoms with Crippen LogP contribution in [-0.2, 0) is 23.8 Å². The van der Waals surface area contributed by atoms with Gasteiger partial charge in [0.2, 0.25) is 0 Å². The molecular formula is C24H31NO6. The largest absolute Gasteiger partial charge is 0.493 e. The molecule has 0 spiro atoms. The number of benzene rings is 1. The molecule has 0 aromatic heterocycles. The third-order valence-electron chi connectivity index (χ3n) is 5.50. The molecule has 0 unspecified atom stereocenters. The number of methoxy groups -OCH3 is 2. The molecule has 2 heterocycles. The number of unbranched alkanes of at least 4 members (excludes halogenated alkanes) is 1. The van der Waals surface area contributed by atoms with E-state index in [1.165, 1.54) is 14.2 Å². The predicted octanol–water partition coefficient (Wildman–Crippen LogP) is 3.56. The summed E-state index contributed by atoms with van der Waals surface area (Å²) < 4.78 is 21.9. The Morgan fingerprint density at radius 1 is 1.10 bits per heavy atom. The number of ether oxygens (including phenoxy) is 4. The second-order valence-corrected chi connectivity index (χ2v) is 7.66. The van der Waals surface area contributed by atoms with Crippen molar-refractivity contribution in [3.63, 3.8) is 0 Å². The first-order valence-electron chi connectivity index (χ1n) is 10.8. The molecule has 0 aliphatic carbocycles. The fourth-order valence-electron chi connectivity index (χ4n) is 3.93. The number of esters is 2. The minimum absolute atomic E-state index is 0.0477. The molecule has 3 rings (SSSR count). The van der Waals surface area contributed by atoms with Gasteiger partial charge in [0.15, 0.2) is 0 Å². The molecule has 0 radical (unpaired) electrons. The van der Waals surface area contributed by atoms with Gasteiger partial charge in [0, 0.05) is 31.1 Å². The molecule has 1 fully saturated rings. The Balaban J connectivity index is 2.02. The van der Waals surface area contributed by atoms with E-state index in [-0.39, 0.29) is 6.10 Å². The Bertz CT molecular complexity index is 806. The molecule has 1 saturated heterocycles. The van der Waals surface area contributed by atoms with Crippen molar-refractivity contribution in [3.8, 4) is 5.75 Å². The first-order chi connectivity index (χ1) is 15.1. The number of hydrogen-bond donors (Lipinski definition) is 0. The lowest BCUT2D eigenvalue weighted by Gasteiger charge is -2.31. The van der Waals surface area contributed by atoms with E-state index >= 15 is 0 Å². The van der Waals surface area contributed by atoms with E-state index in [1.807, 2.05) is 29.2 Å². The van der Waals surface area contributed by atoms with Crippen LogP contribution in [0, 0.1) is 0 Å². The van der Waals surface area contributed by atoms with Crippen LogP contribution in [0.2, 0.25) is 0 Å².